The van der Waals surface area contributed by atoms with Gasteiger partial charge in [0.05, 0.1) is 6.61 Å². The fourth-order valence-corrected chi connectivity index (χ4v) is 1.57. The number of hydrogen-bond acceptors (Lipinski definition) is 3. The highest BCUT2D eigenvalue weighted by Gasteiger charge is 2.00. The molecule has 0 aromatic heterocycles. The van der Waals surface area contributed by atoms with Gasteiger partial charge in [0.1, 0.15) is 0 Å². The van der Waals surface area contributed by atoms with Crippen LogP contribution in [0.4, 0.5) is 0 Å². The Labute approximate surface area is 95.2 Å². The van der Waals surface area contributed by atoms with Crippen molar-refractivity contribution in [2.45, 2.75) is 27.2 Å². The van der Waals surface area contributed by atoms with Crippen LogP contribution in [-0.2, 0) is 4.74 Å². The molecule has 1 N–H and O–H groups in total. The van der Waals surface area contributed by atoms with Crippen LogP contribution in [0.3, 0.4) is 0 Å². The van der Waals surface area contributed by atoms with Crippen LogP contribution in [-0.4, -0.2) is 51.3 Å². The van der Waals surface area contributed by atoms with E-state index in [0.717, 1.165) is 45.2 Å². The second-order valence-electron chi connectivity index (χ2n) is 4.48. The predicted octanol–water partition coefficient (Wildman–Crippen LogP) is 1.59. The number of hydrogen-bond donors (Lipinski definition) is 1. The van der Waals surface area contributed by atoms with Crippen LogP contribution in [0.2, 0.25) is 0 Å². The molecule has 0 bridgehead atoms. The molecule has 0 saturated carbocycles. The van der Waals surface area contributed by atoms with Crippen molar-refractivity contribution in [1.82, 2.24) is 10.2 Å². The predicted molar refractivity (Wildman–Crippen MR) is 66.3 cm³/mol. The molecule has 0 saturated heterocycles. The molecule has 0 radical (unpaired) electrons. The SMILES string of the molecule is CCNCCOCCCN(C)CC(C)C. The maximum atomic E-state index is 5.50. The highest BCUT2D eigenvalue weighted by atomic mass is 16.5. The fraction of sp³-hybridized carbons (Fsp3) is 1.00. The van der Waals surface area contributed by atoms with E-state index >= 15 is 0 Å². The Morgan fingerprint density at radius 1 is 1.27 bits per heavy atom. The highest BCUT2D eigenvalue weighted by molar-refractivity contribution is 4.54. The Kier molecular flexibility index (Phi) is 10.3. The van der Waals surface area contributed by atoms with Gasteiger partial charge < -0.3 is 15.0 Å². The summed E-state index contributed by atoms with van der Waals surface area (Å²) < 4.78 is 5.50. The molecular weight excluding hydrogens is 188 g/mol. The summed E-state index contributed by atoms with van der Waals surface area (Å²) >= 11 is 0. The first-order chi connectivity index (χ1) is 7.16. The van der Waals surface area contributed by atoms with Crippen LogP contribution in [0.5, 0.6) is 0 Å². The second-order valence-corrected chi connectivity index (χ2v) is 4.48. The molecule has 0 aromatic carbocycles. The molecule has 0 spiro atoms. The Morgan fingerprint density at radius 3 is 2.60 bits per heavy atom. The Morgan fingerprint density at radius 2 is 2.00 bits per heavy atom. The first-order valence-electron chi connectivity index (χ1n) is 6.13. The first-order valence-corrected chi connectivity index (χ1v) is 6.13. The fourth-order valence-electron chi connectivity index (χ4n) is 1.57. The lowest BCUT2D eigenvalue weighted by molar-refractivity contribution is 0.124. The monoisotopic (exact) mass is 216 g/mol. The van der Waals surface area contributed by atoms with Crippen molar-refractivity contribution in [2.24, 2.45) is 5.92 Å². The van der Waals surface area contributed by atoms with Crippen molar-refractivity contribution >= 4 is 0 Å². The second kappa shape index (κ2) is 10.4. The van der Waals surface area contributed by atoms with Gasteiger partial charge in [-0.1, -0.05) is 20.8 Å². The van der Waals surface area contributed by atoms with Crippen LogP contribution in [0.25, 0.3) is 0 Å². The number of nitrogens with zero attached hydrogens (tertiary/aromatic N) is 1. The maximum absolute atomic E-state index is 5.50. The summed E-state index contributed by atoms with van der Waals surface area (Å²) in [6.45, 7) is 12.7. The molecule has 3 heteroatoms. The zero-order valence-corrected chi connectivity index (χ0v) is 10.9. The van der Waals surface area contributed by atoms with Crippen LogP contribution in [0.15, 0.2) is 0 Å². The molecule has 0 aliphatic carbocycles. The molecule has 0 aliphatic heterocycles. The standard InChI is InChI=1S/C12H28N2O/c1-5-13-7-10-15-9-6-8-14(4)11-12(2)3/h12-13H,5-11H2,1-4H3. The van der Waals surface area contributed by atoms with E-state index in [1.165, 1.54) is 6.54 Å². The number of rotatable bonds is 10. The third kappa shape index (κ3) is 11.8. The van der Waals surface area contributed by atoms with Gasteiger partial charge in [-0.2, -0.15) is 0 Å². The molecule has 0 amide bonds. The summed E-state index contributed by atoms with van der Waals surface area (Å²) in [4.78, 5) is 2.37. The summed E-state index contributed by atoms with van der Waals surface area (Å²) in [7, 11) is 2.18. The first kappa shape index (κ1) is 14.9. The van der Waals surface area contributed by atoms with Crippen LogP contribution in [0.1, 0.15) is 27.2 Å². The molecule has 92 valence electrons. The number of likely N-dealkylation sites (N-methyl/N-ethyl adjacent to an activating group) is 1. The number of nitrogens with one attached hydrogen (secondary N) is 1. The van der Waals surface area contributed by atoms with E-state index in [1.54, 1.807) is 0 Å². The minimum absolute atomic E-state index is 0.754. The van der Waals surface area contributed by atoms with Crippen LogP contribution >= 0.6 is 0 Å². The normalized spacial score (nSPS) is 11.6. The van der Waals surface area contributed by atoms with E-state index in [1.807, 2.05) is 0 Å². The van der Waals surface area contributed by atoms with E-state index in [-0.39, 0.29) is 0 Å². The van der Waals surface area contributed by atoms with E-state index in [9.17, 15) is 0 Å². The molecule has 0 fully saturated rings. The van der Waals surface area contributed by atoms with Gasteiger partial charge >= 0.3 is 0 Å². The third-order valence-corrected chi connectivity index (χ3v) is 2.18. The topological polar surface area (TPSA) is 24.5 Å². The summed E-state index contributed by atoms with van der Waals surface area (Å²) in [5, 5.41) is 3.24. The van der Waals surface area contributed by atoms with Gasteiger partial charge in [0, 0.05) is 26.2 Å². The molecule has 0 atom stereocenters. The smallest absolute Gasteiger partial charge is 0.0590 e. The molecule has 0 aliphatic rings. The van der Waals surface area contributed by atoms with Crippen molar-refractivity contribution in [3.63, 3.8) is 0 Å². The molecule has 0 rings (SSSR count). The van der Waals surface area contributed by atoms with Crippen molar-refractivity contribution in [3.05, 3.63) is 0 Å². The summed E-state index contributed by atoms with van der Waals surface area (Å²) in [5.41, 5.74) is 0. The number of ether oxygens (including phenoxy) is 1. The van der Waals surface area contributed by atoms with Gasteiger partial charge in [0.25, 0.3) is 0 Å². The zero-order chi connectivity index (χ0) is 11.5. The molecule has 0 heterocycles. The summed E-state index contributed by atoms with van der Waals surface area (Å²) in [6, 6.07) is 0. The van der Waals surface area contributed by atoms with E-state index in [0.29, 0.717) is 0 Å². The van der Waals surface area contributed by atoms with E-state index < -0.39 is 0 Å². The van der Waals surface area contributed by atoms with Gasteiger partial charge in [0.15, 0.2) is 0 Å². The van der Waals surface area contributed by atoms with Crippen molar-refractivity contribution in [2.75, 3.05) is 46.4 Å². The Hall–Kier alpha value is -0.120. The Balaban J connectivity index is 3.09. The van der Waals surface area contributed by atoms with Gasteiger partial charge in [-0.3, -0.25) is 0 Å². The quantitative estimate of drug-likeness (QED) is 0.561. The minimum atomic E-state index is 0.754. The Bertz CT molecular complexity index is 129. The van der Waals surface area contributed by atoms with Crippen molar-refractivity contribution in [3.8, 4) is 0 Å². The lowest BCUT2D eigenvalue weighted by Crippen LogP contribution is -2.25. The minimum Gasteiger partial charge on any atom is -0.380 e. The average Bonchev–Trinajstić information content (AvgIpc) is 2.15. The van der Waals surface area contributed by atoms with E-state index in [4.69, 9.17) is 4.74 Å². The van der Waals surface area contributed by atoms with Gasteiger partial charge in [-0.25, -0.2) is 0 Å². The van der Waals surface area contributed by atoms with Gasteiger partial charge in [0.2, 0.25) is 0 Å². The van der Waals surface area contributed by atoms with Crippen molar-refractivity contribution in [1.29, 1.82) is 0 Å². The average molecular weight is 216 g/mol. The zero-order valence-electron chi connectivity index (χ0n) is 10.9. The molecule has 3 nitrogen and oxygen atoms in total. The lowest BCUT2D eigenvalue weighted by Gasteiger charge is -2.18. The van der Waals surface area contributed by atoms with Gasteiger partial charge in [-0.05, 0) is 25.9 Å². The molecular formula is C12H28N2O. The van der Waals surface area contributed by atoms with Crippen LogP contribution < -0.4 is 5.32 Å². The van der Waals surface area contributed by atoms with Gasteiger partial charge in [-0.15, -0.1) is 0 Å². The molecule has 0 aromatic rings. The third-order valence-electron chi connectivity index (χ3n) is 2.18. The van der Waals surface area contributed by atoms with Crippen LogP contribution in [0, 0.1) is 5.92 Å². The molecule has 15 heavy (non-hydrogen) atoms. The molecule has 0 unspecified atom stereocenters. The maximum Gasteiger partial charge on any atom is 0.0590 e. The summed E-state index contributed by atoms with van der Waals surface area (Å²) in [5.74, 6) is 0.754. The van der Waals surface area contributed by atoms with E-state index in [2.05, 4.69) is 38.0 Å². The van der Waals surface area contributed by atoms with Crippen molar-refractivity contribution < 1.29 is 4.74 Å². The highest BCUT2D eigenvalue weighted by Crippen LogP contribution is 1.96. The largest absolute Gasteiger partial charge is 0.380 e. The lowest BCUT2D eigenvalue weighted by atomic mass is 10.2. The summed E-state index contributed by atoms with van der Waals surface area (Å²) in [6.07, 6.45) is 1.13.